The predicted octanol–water partition coefficient (Wildman–Crippen LogP) is -1.11. The van der Waals surface area contributed by atoms with Crippen molar-refractivity contribution in [2.75, 3.05) is 11.9 Å². The molecular formula is C10H12BrFN2O5. The second-order valence-corrected chi connectivity index (χ2v) is 4.83. The Labute approximate surface area is 114 Å². The summed E-state index contributed by atoms with van der Waals surface area (Å²) in [4.78, 5) is 24.5. The molecule has 2 heterocycles. The van der Waals surface area contributed by atoms with Gasteiger partial charge in [-0.2, -0.15) is 0 Å². The number of nitrogens with one attached hydrogen (secondary N) is 1. The molecule has 7 nitrogen and oxygen atoms in total. The SMILES string of the molecule is O=c1ccn([C@@H]2O[C@@](CO)(CBr)[C@@H](O)[C@@H]2F)c(=O)[nH]1. The van der Waals surface area contributed by atoms with E-state index in [1.165, 1.54) is 0 Å². The summed E-state index contributed by atoms with van der Waals surface area (Å²) in [5.41, 5.74) is -3.00. The normalized spacial score (nSPS) is 34.6. The number of aromatic amines is 1. The van der Waals surface area contributed by atoms with Gasteiger partial charge in [0.1, 0.15) is 11.7 Å². The van der Waals surface area contributed by atoms with Gasteiger partial charge < -0.3 is 14.9 Å². The number of nitrogens with zero attached hydrogens (tertiary/aromatic N) is 1. The number of aliphatic hydroxyl groups is 2. The number of ether oxygens (including phenoxy) is 1. The highest BCUT2D eigenvalue weighted by molar-refractivity contribution is 9.09. The molecule has 106 valence electrons. The Hall–Kier alpha value is -1.03. The minimum absolute atomic E-state index is 0.00725. The summed E-state index contributed by atoms with van der Waals surface area (Å²) in [6.45, 7) is -0.617. The highest BCUT2D eigenvalue weighted by atomic mass is 79.9. The summed E-state index contributed by atoms with van der Waals surface area (Å²) in [5, 5.41) is 19.1. The lowest BCUT2D eigenvalue weighted by atomic mass is 9.99. The standard InChI is InChI=1S/C10H12BrFN2O5/c11-3-10(4-15)7(17)6(12)8(19-10)14-2-1-5(16)13-9(14)18/h1-2,6-8,15,17H,3-4H2,(H,13,16,18)/t6-,7-,8+,10+/m0/s1. The number of rotatable bonds is 3. The van der Waals surface area contributed by atoms with Crippen molar-refractivity contribution in [1.29, 1.82) is 0 Å². The van der Waals surface area contributed by atoms with Crippen LogP contribution in [-0.2, 0) is 4.74 Å². The highest BCUT2D eigenvalue weighted by Crippen LogP contribution is 2.39. The number of alkyl halides is 2. The monoisotopic (exact) mass is 338 g/mol. The lowest BCUT2D eigenvalue weighted by Crippen LogP contribution is -2.47. The Morgan fingerprint density at radius 3 is 2.74 bits per heavy atom. The predicted molar refractivity (Wildman–Crippen MR) is 66.0 cm³/mol. The molecule has 1 aromatic heterocycles. The summed E-state index contributed by atoms with van der Waals surface area (Å²) in [6.07, 6.45) is -3.84. The maximum absolute atomic E-state index is 14.1. The Kier molecular flexibility index (Phi) is 3.90. The topological polar surface area (TPSA) is 105 Å². The first kappa shape index (κ1) is 14.4. The van der Waals surface area contributed by atoms with Crippen molar-refractivity contribution in [2.24, 2.45) is 0 Å². The fourth-order valence-corrected chi connectivity index (χ4v) is 2.58. The van der Waals surface area contributed by atoms with Gasteiger partial charge in [-0.15, -0.1) is 0 Å². The van der Waals surface area contributed by atoms with E-state index in [1.807, 2.05) is 4.98 Å². The van der Waals surface area contributed by atoms with Gasteiger partial charge in [-0.1, -0.05) is 15.9 Å². The zero-order valence-electron chi connectivity index (χ0n) is 9.62. The Morgan fingerprint density at radius 2 is 2.26 bits per heavy atom. The average Bonchev–Trinajstić information content (AvgIpc) is 2.64. The van der Waals surface area contributed by atoms with Crippen LogP contribution in [0.25, 0.3) is 0 Å². The molecule has 19 heavy (non-hydrogen) atoms. The number of H-pyrrole nitrogens is 1. The molecule has 4 atom stereocenters. The van der Waals surface area contributed by atoms with E-state index < -0.39 is 42.0 Å². The maximum Gasteiger partial charge on any atom is 0.330 e. The van der Waals surface area contributed by atoms with Crippen LogP contribution in [0, 0.1) is 0 Å². The second-order valence-electron chi connectivity index (χ2n) is 4.27. The van der Waals surface area contributed by atoms with Gasteiger partial charge in [0.05, 0.1) is 6.61 Å². The Bertz CT molecular complexity index is 570. The summed E-state index contributed by atoms with van der Waals surface area (Å²) >= 11 is 3.03. The van der Waals surface area contributed by atoms with Crippen molar-refractivity contribution in [3.8, 4) is 0 Å². The van der Waals surface area contributed by atoms with E-state index in [9.17, 15) is 24.2 Å². The highest BCUT2D eigenvalue weighted by Gasteiger charge is 2.55. The minimum Gasteiger partial charge on any atom is -0.393 e. The van der Waals surface area contributed by atoms with E-state index in [0.29, 0.717) is 0 Å². The van der Waals surface area contributed by atoms with E-state index in [2.05, 4.69) is 15.9 Å². The lowest BCUT2D eigenvalue weighted by molar-refractivity contribution is -0.113. The zero-order valence-corrected chi connectivity index (χ0v) is 11.2. The molecule has 0 saturated carbocycles. The fourth-order valence-electron chi connectivity index (χ4n) is 1.94. The van der Waals surface area contributed by atoms with Gasteiger partial charge in [0, 0.05) is 17.6 Å². The smallest absolute Gasteiger partial charge is 0.330 e. The average molecular weight is 339 g/mol. The van der Waals surface area contributed by atoms with E-state index >= 15 is 0 Å². The van der Waals surface area contributed by atoms with Gasteiger partial charge in [0.25, 0.3) is 5.56 Å². The van der Waals surface area contributed by atoms with Crippen molar-refractivity contribution >= 4 is 15.9 Å². The van der Waals surface area contributed by atoms with E-state index in [1.54, 1.807) is 0 Å². The first-order chi connectivity index (χ1) is 8.95. The minimum atomic E-state index is -1.91. The van der Waals surface area contributed by atoms with Crippen LogP contribution in [0.2, 0.25) is 0 Å². The molecule has 1 aromatic rings. The van der Waals surface area contributed by atoms with E-state index in [0.717, 1.165) is 16.8 Å². The van der Waals surface area contributed by atoms with Crippen molar-refractivity contribution in [3.63, 3.8) is 0 Å². The second kappa shape index (κ2) is 5.16. The van der Waals surface area contributed by atoms with Gasteiger partial charge in [-0.05, 0) is 0 Å². The van der Waals surface area contributed by atoms with Crippen molar-refractivity contribution in [2.45, 2.75) is 24.1 Å². The molecular weight excluding hydrogens is 327 g/mol. The summed E-state index contributed by atoms with van der Waals surface area (Å²) in [7, 11) is 0. The molecule has 0 amide bonds. The molecule has 1 aliphatic heterocycles. The molecule has 0 spiro atoms. The molecule has 1 aliphatic rings. The van der Waals surface area contributed by atoms with Crippen LogP contribution in [0.15, 0.2) is 21.9 Å². The molecule has 1 saturated heterocycles. The van der Waals surface area contributed by atoms with Crippen LogP contribution in [0.3, 0.4) is 0 Å². The number of aliphatic hydroxyl groups excluding tert-OH is 2. The number of aromatic nitrogens is 2. The molecule has 0 bridgehead atoms. The quantitative estimate of drug-likeness (QED) is 0.606. The molecule has 1 fully saturated rings. The Morgan fingerprint density at radius 1 is 1.58 bits per heavy atom. The van der Waals surface area contributed by atoms with E-state index in [-0.39, 0.29) is 5.33 Å². The molecule has 0 radical (unpaired) electrons. The fraction of sp³-hybridized carbons (Fsp3) is 0.600. The van der Waals surface area contributed by atoms with Crippen LogP contribution in [0.5, 0.6) is 0 Å². The van der Waals surface area contributed by atoms with Crippen LogP contribution in [0.1, 0.15) is 6.23 Å². The number of hydrogen-bond acceptors (Lipinski definition) is 5. The molecule has 9 heteroatoms. The van der Waals surface area contributed by atoms with Gasteiger partial charge in [-0.25, -0.2) is 9.18 Å². The van der Waals surface area contributed by atoms with E-state index in [4.69, 9.17) is 4.74 Å². The van der Waals surface area contributed by atoms with Gasteiger partial charge >= 0.3 is 5.69 Å². The molecule has 3 N–H and O–H groups in total. The van der Waals surface area contributed by atoms with Gasteiger partial charge in [0.2, 0.25) is 0 Å². The van der Waals surface area contributed by atoms with Gasteiger partial charge in [-0.3, -0.25) is 14.3 Å². The summed E-state index contributed by atoms with van der Waals surface area (Å²) in [5.74, 6) is 0. The summed E-state index contributed by atoms with van der Waals surface area (Å²) < 4.78 is 20.2. The third kappa shape index (κ3) is 2.27. The largest absolute Gasteiger partial charge is 0.393 e. The molecule has 0 unspecified atom stereocenters. The van der Waals surface area contributed by atoms with Crippen molar-refractivity contribution in [1.82, 2.24) is 9.55 Å². The first-order valence-electron chi connectivity index (χ1n) is 5.43. The number of halogens is 2. The zero-order chi connectivity index (χ0) is 14.2. The van der Waals surface area contributed by atoms with Gasteiger partial charge in [0.15, 0.2) is 12.4 Å². The van der Waals surface area contributed by atoms with Crippen LogP contribution >= 0.6 is 15.9 Å². The molecule has 0 aliphatic carbocycles. The van der Waals surface area contributed by atoms with Crippen LogP contribution in [0.4, 0.5) is 4.39 Å². The molecule has 2 rings (SSSR count). The van der Waals surface area contributed by atoms with Crippen LogP contribution < -0.4 is 11.2 Å². The first-order valence-corrected chi connectivity index (χ1v) is 6.55. The molecule has 0 aromatic carbocycles. The lowest BCUT2D eigenvalue weighted by Gasteiger charge is -2.27. The third-order valence-corrected chi connectivity index (χ3v) is 4.04. The number of hydrogen-bond donors (Lipinski definition) is 3. The Balaban J connectivity index is 2.42. The third-order valence-electron chi connectivity index (χ3n) is 3.09. The van der Waals surface area contributed by atoms with Crippen LogP contribution in [-0.4, -0.2) is 49.6 Å². The summed E-state index contributed by atoms with van der Waals surface area (Å²) in [6, 6.07) is 1.04. The van der Waals surface area contributed by atoms with Crippen molar-refractivity contribution in [3.05, 3.63) is 33.1 Å². The van der Waals surface area contributed by atoms with Crippen molar-refractivity contribution < 1.29 is 19.3 Å². The maximum atomic E-state index is 14.1.